The monoisotopic (exact) mass is 335 g/mol. The van der Waals surface area contributed by atoms with Gasteiger partial charge in [-0.25, -0.2) is 4.39 Å². The highest BCUT2D eigenvalue weighted by molar-refractivity contribution is 5.85. The molecule has 0 atom stereocenters. The Kier molecular flexibility index (Phi) is 5.86. The fraction of sp³-hybridized carbons (Fsp3) is 0.632. The maximum Gasteiger partial charge on any atom is 0.239 e. The Morgan fingerprint density at radius 1 is 1.25 bits per heavy atom. The predicted octanol–water partition coefficient (Wildman–Crippen LogP) is 2.81. The van der Waals surface area contributed by atoms with Gasteiger partial charge in [0.25, 0.3) is 0 Å². The Hall–Kier alpha value is -1.62. The molecule has 1 amide bonds. The molecule has 1 aromatic rings. The number of amides is 1. The van der Waals surface area contributed by atoms with Crippen molar-refractivity contribution in [2.75, 3.05) is 37.6 Å². The molecule has 24 heavy (non-hydrogen) atoms. The number of carbonyl (C=O) groups is 1. The molecule has 1 heterocycles. The van der Waals surface area contributed by atoms with Crippen molar-refractivity contribution < 1.29 is 9.18 Å². The van der Waals surface area contributed by atoms with Crippen molar-refractivity contribution >= 4 is 11.6 Å². The molecule has 1 aromatic carbocycles. The molecule has 1 fully saturated rings. The zero-order chi connectivity index (χ0) is 17.9. The molecule has 5 heteroatoms. The minimum Gasteiger partial charge on any atom is -0.367 e. The second-order valence-electron chi connectivity index (χ2n) is 7.55. The summed E-state index contributed by atoms with van der Waals surface area (Å²) in [6.07, 6.45) is 0. The van der Waals surface area contributed by atoms with Crippen molar-refractivity contribution in [1.82, 2.24) is 10.2 Å². The Morgan fingerprint density at radius 3 is 2.46 bits per heavy atom. The Balaban J connectivity index is 1.98. The average Bonchev–Trinajstić information content (AvgIpc) is 2.55. The van der Waals surface area contributed by atoms with Gasteiger partial charge in [-0.2, -0.15) is 0 Å². The molecule has 0 unspecified atom stereocenters. The number of carbonyl (C=O) groups excluding carboxylic acids is 1. The normalized spacial score (nSPS) is 16.5. The number of hydrogen-bond acceptors (Lipinski definition) is 3. The summed E-state index contributed by atoms with van der Waals surface area (Å²) < 4.78 is 14.3. The van der Waals surface area contributed by atoms with E-state index in [2.05, 4.69) is 29.0 Å². The second-order valence-corrected chi connectivity index (χ2v) is 7.55. The molecule has 0 aliphatic carbocycles. The van der Waals surface area contributed by atoms with Gasteiger partial charge in [0.2, 0.25) is 5.91 Å². The Bertz CT molecular complexity index is 578. The summed E-state index contributed by atoms with van der Waals surface area (Å²) in [7, 11) is 0. The van der Waals surface area contributed by atoms with Crippen molar-refractivity contribution in [3.8, 4) is 0 Å². The van der Waals surface area contributed by atoms with E-state index in [1.165, 1.54) is 0 Å². The molecular weight excluding hydrogens is 305 g/mol. The van der Waals surface area contributed by atoms with Crippen molar-refractivity contribution in [3.05, 3.63) is 29.6 Å². The molecule has 0 saturated carbocycles. The van der Waals surface area contributed by atoms with Crippen molar-refractivity contribution in [2.45, 2.75) is 40.2 Å². The summed E-state index contributed by atoms with van der Waals surface area (Å²) in [5, 5.41) is 3.02. The first-order valence-corrected chi connectivity index (χ1v) is 8.77. The van der Waals surface area contributed by atoms with Gasteiger partial charge in [-0.1, -0.05) is 26.0 Å². The van der Waals surface area contributed by atoms with Crippen LogP contribution in [0.3, 0.4) is 0 Å². The number of nitrogens with one attached hydrogen (secondary N) is 1. The first-order valence-electron chi connectivity index (χ1n) is 8.77. The van der Waals surface area contributed by atoms with Crippen molar-refractivity contribution in [1.29, 1.82) is 0 Å². The standard InChI is InChI=1S/C19H30FN3O/c1-14(2)13-21-18(24)19(4,5)23-11-9-22(10-12-23)16-8-6-7-15(3)17(16)20/h6-8,14H,9-13H2,1-5H3,(H,21,24). The van der Waals surface area contributed by atoms with Gasteiger partial charge in [-0.15, -0.1) is 0 Å². The summed E-state index contributed by atoms with van der Waals surface area (Å²) in [5.74, 6) is 0.358. The van der Waals surface area contributed by atoms with E-state index in [1.807, 2.05) is 26.0 Å². The third-order valence-corrected chi connectivity index (χ3v) is 4.81. The minimum absolute atomic E-state index is 0.0615. The molecule has 1 saturated heterocycles. The van der Waals surface area contributed by atoms with E-state index in [0.717, 1.165) is 26.2 Å². The Morgan fingerprint density at radius 2 is 1.88 bits per heavy atom. The zero-order valence-corrected chi connectivity index (χ0v) is 15.5. The lowest BCUT2D eigenvalue weighted by Crippen LogP contribution is -2.61. The lowest BCUT2D eigenvalue weighted by atomic mass is 9.99. The van der Waals surface area contributed by atoms with Gasteiger partial charge < -0.3 is 10.2 Å². The van der Waals surface area contributed by atoms with Crippen molar-refractivity contribution in [2.24, 2.45) is 5.92 Å². The first-order chi connectivity index (χ1) is 11.2. The van der Waals surface area contributed by atoms with Crippen molar-refractivity contribution in [3.63, 3.8) is 0 Å². The number of halogens is 1. The number of aryl methyl sites for hydroxylation is 1. The van der Waals surface area contributed by atoms with Crippen LogP contribution in [0, 0.1) is 18.7 Å². The summed E-state index contributed by atoms with van der Waals surface area (Å²) in [5.41, 5.74) is 0.784. The minimum atomic E-state index is -0.549. The highest BCUT2D eigenvalue weighted by Gasteiger charge is 2.36. The number of piperazine rings is 1. The summed E-state index contributed by atoms with van der Waals surface area (Å²) >= 11 is 0. The maximum atomic E-state index is 14.3. The number of anilines is 1. The fourth-order valence-electron chi connectivity index (χ4n) is 3.04. The molecular formula is C19H30FN3O. The van der Waals surface area contributed by atoms with Crippen LogP contribution in [0.25, 0.3) is 0 Å². The Labute approximate surface area is 145 Å². The topological polar surface area (TPSA) is 35.6 Å². The molecule has 0 aromatic heterocycles. The van der Waals surface area contributed by atoms with E-state index in [1.54, 1.807) is 13.0 Å². The maximum absolute atomic E-state index is 14.3. The third-order valence-electron chi connectivity index (χ3n) is 4.81. The summed E-state index contributed by atoms with van der Waals surface area (Å²) in [4.78, 5) is 16.8. The predicted molar refractivity (Wildman–Crippen MR) is 96.8 cm³/mol. The van der Waals surface area contributed by atoms with Gasteiger partial charge in [0.15, 0.2) is 0 Å². The van der Waals surface area contributed by atoms with E-state index < -0.39 is 5.54 Å². The van der Waals surface area contributed by atoms with E-state index in [0.29, 0.717) is 23.7 Å². The highest BCUT2D eigenvalue weighted by atomic mass is 19.1. The molecule has 1 aliphatic heterocycles. The number of hydrogen-bond donors (Lipinski definition) is 1. The summed E-state index contributed by atoms with van der Waals surface area (Å²) in [6.45, 7) is 13.5. The molecule has 2 rings (SSSR count). The quantitative estimate of drug-likeness (QED) is 0.899. The largest absolute Gasteiger partial charge is 0.367 e. The van der Waals surface area contributed by atoms with E-state index >= 15 is 0 Å². The van der Waals surface area contributed by atoms with Crippen LogP contribution in [-0.2, 0) is 4.79 Å². The number of rotatable bonds is 5. The molecule has 1 N–H and O–H groups in total. The van der Waals surface area contributed by atoms with Crippen LogP contribution in [0.4, 0.5) is 10.1 Å². The van der Waals surface area contributed by atoms with Gasteiger partial charge in [-0.3, -0.25) is 9.69 Å². The van der Waals surface area contributed by atoms with Crippen LogP contribution in [0.15, 0.2) is 18.2 Å². The summed E-state index contributed by atoms with van der Waals surface area (Å²) in [6, 6.07) is 5.51. The highest BCUT2D eigenvalue weighted by Crippen LogP contribution is 2.25. The van der Waals surface area contributed by atoms with Crippen LogP contribution in [0.5, 0.6) is 0 Å². The molecule has 0 bridgehead atoms. The van der Waals surface area contributed by atoms with Gasteiger partial charge in [0.1, 0.15) is 5.82 Å². The first kappa shape index (κ1) is 18.7. The van der Waals surface area contributed by atoms with Gasteiger partial charge in [-0.05, 0) is 38.3 Å². The molecule has 1 aliphatic rings. The van der Waals surface area contributed by atoms with Crippen LogP contribution in [0.1, 0.15) is 33.3 Å². The fourth-order valence-corrected chi connectivity index (χ4v) is 3.04. The van der Waals surface area contributed by atoms with Crippen LogP contribution < -0.4 is 10.2 Å². The lowest BCUT2D eigenvalue weighted by molar-refractivity contribution is -0.132. The van der Waals surface area contributed by atoms with E-state index in [9.17, 15) is 9.18 Å². The molecule has 0 spiro atoms. The lowest BCUT2D eigenvalue weighted by Gasteiger charge is -2.43. The third kappa shape index (κ3) is 4.07. The SMILES string of the molecule is Cc1cccc(N2CCN(C(C)(C)C(=O)NCC(C)C)CC2)c1F. The molecule has 4 nitrogen and oxygen atoms in total. The van der Waals surface area contributed by atoms with Gasteiger partial charge in [0, 0.05) is 32.7 Å². The smallest absolute Gasteiger partial charge is 0.239 e. The number of nitrogens with zero attached hydrogens (tertiary/aromatic N) is 2. The van der Waals surface area contributed by atoms with Crippen LogP contribution in [-0.4, -0.2) is 49.1 Å². The second kappa shape index (κ2) is 7.51. The molecule has 134 valence electrons. The zero-order valence-electron chi connectivity index (χ0n) is 15.5. The number of benzene rings is 1. The molecule has 0 radical (unpaired) electrons. The van der Waals surface area contributed by atoms with Crippen LogP contribution >= 0.6 is 0 Å². The van der Waals surface area contributed by atoms with Gasteiger partial charge in [0.05, 0.1) is 11.2 Å². The van der Waals surface area contributed by atoms with Crippen LogP contribution in [0.2, 0.25) is 0 Å². The van der Waals surface area contributed by atoms with E-state index in [-0.39, 0.29) is 11.7 Å². The average molecular weight is 335 g/mol. The van der Waals surface area contributed by atoms with E-state index in [4.69, 9.17) is 0 Å². The van der Waals surface area contributed by atoms with Gasteiger partial charge >= 0.3 is 0 Å².